The van der Waals surface area contributed by atoms with Gasteiger partial charge in [0, 0.05) is 12.3 Å². The van der Waals surface area contributed by atoms with Crippen LogP contribution in [-0.2, 0) is 75.8 Å². The Bertz CT molecular complexity index is 2100. The first-order chi connectivity index (χ1) is 41.5. The molecule has 30 heterocycles. The van der Waals surface area contributed by atoms with E-state index in [4.69, 9.17) is 75.8 Å². The number of hydrogen-bond acceptors (Lipinski definition) is 38. The fourth-order valence-electron chi connectivity index (χ4n) is 12.1. The number of aliphatic hydroxyl groups is 22. The van der Waals surface area contributed by atoms with Crippen LogP contribution in [0.5, 0.6) is 0 Å². The number of hydrogen-bond donors (Lipinski definition) is 22. The summed E-state index contributed by atoms with van der Waals surface area (Å²) in [7, 11) is 0. The highest BCUT2D eigenvalue weighted by atomic mass is 16.8. The normalized spacial score (nSPS) is 55.0. The van der Waals surface area contributed by atoms with Crippen LogP contribution in [0.2, 0.25) is 0 Å². The van der Waals surface area contributed by atoms with Gasteiger partial charge in [0.05, 0.1) is 65.1 Å². The lowest BCUT2D eigenvalue weighted by Gasteiger charge is -2.50. The molecule has 0 aromatic heterocycles. The van der Waals surface area contributed by atoms with Crippen LogP contribution in [0.4, 0.5) is 0 Å². The van der Waals surface area contributed by atoms with E-state index >= 15 is 0 Å². The molecule has 506 valence electrons. The number of aliphatic hydroxyl groups excluding tert-OH is 22. The SMILES string of the molecule is CC1[C@@H]2OC(CO)[C@@H](O[C@H]3OC(CO)[C@@H](O[C@H]4OC(CO)[C@@H](O[C@H]5OC(CO)[C@H](CC5O)O[C@H]5OC(CO)[C@@H](O[C@H]6OC(CO)[C@@H](O[C@H]7OC(CO)[C@@H](O[C@H]8OC(CO)[C@@H](O2)[C@H](O)C8O)[C@H](O)C7O)[C@H](O)C6O)[C@H](O)C5O)[C@H](O)C4O)[C@H](O)C3O)[C@@H]1O. The number of rotatable bonds is 8. The Morgan fingerprint density at radius 2 is 0.414 bits per heavy atom. The first-order valence-electron chi connectivity index (χ1n) is 28.3. The van der Waals surface area contributed by atoms with Gasteiger partial charge >= 0.3 is 0 Å². The molecule has 30 fully saturated rings. The Balaban J connectivity index is 0.967. The minimum absolute atomic E-state index is 0.528. The summed E-state index contributed by atoms with van der Waals surface area (Å²) in [5, 5.41) is 243. The molecule has 0 aromatic rings. The maximum absolute atomic E-state index is 11.6. The Morgan fingerprint density at radius 3 is 0.667 bits per heavy atom. The van der Waals surface area contributed by atoms with E-state index in [1.807, 2.05) is 0 Å². The average Bonchev–Trinajstić information content (AvgIpc) is 1.18. The molecule has 30 saturated heterocycles. The summed E-state index contributed by atoms with van der Waals surface area (Å²) >= 11 is 0. The summed E-state index contributed by atoms with van der Waals surface area (Å²) in [6.07, 6.45) is -72.4. The lowest BCUT2D eigenvalue weighted by Crippen LogP contribution is -2.68. The van der Waals surface area contributed by atoms with Crippen molar-refractivity contribution in [3.05, 3.63) is 0 Å². The van der Waals surface area contributed by atoms with E-state index in [9.17, 15) is 112 Å². The van der Waals surface area contributed by atoms with Crippen molar-refractivity contribution in [1.29, 1.82) is 0 Å². The quantitative estimate of drug-likeness (QED) is 0.107. The average molecular weight is 1280 g/mol. The van der Waals surface area contributed by atoms with Gasteiger partial charge in [-0.1, -0.05) is 6.92 Å². The lowest BCUT2D eigenvalue weighted by molar-refractivity contribution is -0.399. The molecule has 30 rings (SSSR count). The summed E-state index contributed by atoms with van der Waals surface area (Å²) < 4.78 is 92.7. The fraction of sp³-hybridized carbons (Fsp3) is 1.00. The van der Waals surface area contributed by atoms with Gasteiger partial charge in [-0.3, -0.25) is 0 Å². The molecule has 16 unspecified atom stereocenters. The van der Waals surface area contributed by atoms with E-state index in [0.29, 0.717) is 0 Å². The molecule has 30 aliphatic heterocycles. The first-order valence-corrected chi connectivity index (χ1v) is 28.3. The second-order valence-electron chi connectivity index (χ2n) is 22.7. The maximum atomic E-state index is 11.6. The third-order valence-electron chi connectivity index (χ3n) is 17.1. The van der Waals surface area contributed by atoms with Crippen molar-refractivity contribution >= 4 is 0 Å². The fourth-order valence-corrected chi connectivity index (χ4v) is 12.1. The molecule has 0 saturated carbocycles. The molecule has 38 heteroatoms. The van der Waals surface area contributed by atoms with Crippen molar-refractivity contribution in [3.63, 3.8) is 0 Å². The second kappa shape index (κ2) is 29.8. The highest BCUT2D eigenvalue weighted by Gasteiger charge is 2.59. The van der Waals surface area contributed by atoms with Gasteiger partial charge in [-0.2, -0.15) is 0 Å². The largest absolute Gasteiger partial charge is 0.394 e. The van der Waals surface area contributed by atoms with Crippen LogP contribution in [0, 0.1) is 5.92 Å². The highest BCUT2D eigenvalue weighted by Crippen LogP contribution is 2.40. The van der Waals surface area contributed by atoms with Crippen LogP contribution in [0.1, 0.15) is 13.3 Å². The summed E-state index contributed by atoms with van der Waals surface area (Å²) in [6, 6.07) is 0. The van der Waals surface area contributed by atoms with Crippen LogP contribution in [0.25, 0.3) is 0 Å². The predicted octanol–water partition coefficient (Wildman–Crippen LogP) is -15.1. The number of ether oxygens (including phenoxy) is 16. The van der Waals surface area contributed by atoms with Crippen LogP contribution >= 0.6 is 0 Å². The molecule has 0 spiro atoms. The van der Waals surface area contributed by atoms with Crippen molar-refractivity contribution in [3.8, 4) is 0 Å². The van der Waals surface area contributed by atoms with Crippen LogP contribution < -0.4 is 0 Å². The second-order valence-corrected chi connectivity index (χ2v) is 22.7. The van der Waals surface area contributed by atoms with Gasteiger partial charge in [0.2, 0.25) is 0 Å². The van der Waals surface area contributed by atoms with E-state index < -0.39 is 299 Å². The molecule has 0 radical (unpaired) electrons. The van der Waals surface area contributed by atoms with Crippen LogP contribution in [0.3, 0.4) is 0 Å². The minimum atomic E-state index is -2.20. The molecule has 0 amide bonds. The van der Waals surface area contributed by atoms with Crippen molar-refractivity contribution in [1.82, 2.24) is 0 Å². The molecule has 30 aliphatic rings. The Kier molecular flexibility index (Phi) is 23.9. The Morgan fingerprint density at radius 1 is 0.218 bits per heavy atom. The van der Waals surface area contributed by atoms with Gasteiger partial charge in [0.15, 0.2) is 50.3 Å². The zero-order valence-electron chi connectivity index (χ0n) is 46.3. The molecule has 16 bridgehead atoms. The smallest absolute Gasteiger partial charge is 0.187 e. The van der Waals surface area contributed by atoms with Gasteiger partial charge in [0.25, 0.3) is 0 Å². The highest BCUT2D eigenvalue weighted by molar-refractivity contribution is 5.01. The molecular formula is C49H82O38. The van der Waals surface area contributed by atoms with Crippen LogP contribution in [-0.4, -0.2) is 399 Å². The van der Waals surface area contributed by atoms with Crippen molar-refractivity contribution in [2.45, 2.75) is 247 Å². The van der Waals surface area contributed by atoms with E-state index in [-0.39, 0.29) is 0 Å². The lowest BCUT2D eigenvalue weighted by atomic mass is 9.91. The maximum Gasteiger partial charge on any atom is 0.187 e. The van der Waals surface area contributed by atoms with Crippen molar-refractivity contribution in [2.24, 2.45) is 5.92 Å². The van der Waals surface area contributed by atoms with Gasteiger partial charge in [0.1, 0.15) is 171 Å². The minimum Gasteiger partial charge on any atom is -0.394 e. The van der Waals surface area contributed by atoms with Gasteiger partial charge in [-0.25, -0.2) is 0 Å². The summed E-state index contributed by atoms with van der Waals surface area (Å²) in [4.78, 5) is 0. The summed E-state index contributed by atoms with van der Waals surface area (Å²) in [5.41, 5.74) is 0. The van der Waals surface area contributed by atoms with Crippen molar-refractivity contribution < 1.29 is 188 Å². The van der Waals surface area contributed by atoms with E-state index in [1.54, 1.807) is 0 Å². The van der Waals surface area contributed by atoms with Gasteiger partial charge < -0.3 is 188 Å². The molecule has 22 N–H and O–H groups in total. The molecule has 39 atom stereocenters. The monoisotopic (exact) mass is 1280 g/mol. The van der Waals surface area contributed by atoms with E-state index in [2.05, 4.69) is 0 Å². The van der Waals surface area contributed by atoms with Crippen molar-refractivity contribution in [2.75, 3.05) is 52.9 Å². The standard InChI is InChI=1S/C49H82O38/c1-11-22(59)35-15(4-51)74-42(11)81-36-16(5-52)76-46(30(67)24(36)61)85-40-20(9-56)80-49(34(71)28(40)65)87-41-21(10-57)79-48(33(70)27(41)64)84-38-18(7-54)75-44(29(66)23(38)60)72-13-2-12(58)43(73-14(13)3-50)82-37-17(6-53)77-47(31(68)25(37)62)86-39-19(8-55)78-45(83-35)32(69)26(39)63/h11-71H,2-10H2,1H3/t11?,12?,13-,14?,15?,16?,17?,18?,19?,20?,21?,22+,23+,24+,25+,26+,27+,28+,29?,30?,31?,32?,33?,34?,35+,36+,37+,38+,39+,40+,41+,42+,43+,44-,45+,46+,47+,48+,49+/m0/s1. The predicted molar refractivity (Wildman–Crippen MR) is 263 cm³/mol. The molecule has 38 nitrogen and oxygen atoms in total. The zero-order chi connectivity index (χ0) is 63.2. The van der Waals surface area contributed by atoms with E-state index in [1.165, 1.54) is 6.92 Å². The van der Waals surface area contributed by atoms with Gasteiger partial charge in [-0.05, 0) is 0 Å². The summed E-state index contributed by atoms with van der Waals surface area (Å²) in [6.45, 7) is -6.59. The topological polar surface area (TPSA) is 593 Å². The Hall–Kier alpha value is -1.52. The third-order valence-corrected chi connectivity index (χ3v) is 17.1. The van der Waals surface area contributed by atoms with Gasteiger partial charge in [-0.15, -0.1) is 0 Å². The summed E-state index contributed by atoms with van der Waals surface area (Å²) in [5.74, 6) is -1.23. The Labute approximate surface area is 492 Å². The molecular weight excluding hydrogens is 1200 g/mol. The molecule has 0 aromatic carbocycles. The molecule has 87 heavy (non-hydrogen) atoms. The first kappa shape index (κ1) is 69.8. The third kappa shape index (κ3) is 14.0. The van der Waals surface area contributed by atoms with E-state index in [0.717, 1.165) is 0 Å². The van der Waals surface area contributed by atoms with Crippen LogP contribution in [0.15, 0.2) is 0 Å². The molecule has 0 aliphatic carbocycles. The zero-order valence-corrected chi connectivity index (χ0v) is 46.3.